The Hall–Kier alpha value is -2.55. The molecule has 3 aromatic heterocycles. The van der Waals surface area contributed by atoms with Crippen LogP contribution in [-0.4, -0.2) is 32.1 Å². The van der Waals surface area contributed by atoms with E-state index < -0.39 is 0 Å². The number of hydrogen-bond acceptors (Lipinski definition) is 7. The van der Waals surface area contributed by atoms with Crippen molar-refractivity contribution in [2.45, 2.75) is 39.5 Å². The van der Waals surface area contributed by atoms with E-state index in [1.54, 1.807) is 14.0 Å². The van der Waals surface area contributed by atoms with Gasteiger partial charge in [-0.1, -0.05) is 19.0 Å². The summed E-state index contributed by atoms with van der Waals surface area (Å²) in [7, 11) is 1.65. The third-order valence-electron chi connectivity index (χ3n) is 4.07. The molecule has 0 aliphatic carbocycles. The third-order valence-corrected chi connectivity index (χ3v) is 5.27. The summed E-state index contributed by atoms with van der Waals surface area (Å²) in [4.78, 5) is 34.3. The Labute approximate surface area is 154 Å². The second-order valence-electron chi connectivity index (χ2n) is 6.46. The lowest BCUT2D eigenvalue weighted by Gasteiger charge is -2.03. The van der Waals surface area contributed by atoms with E-state index in [2.05, 4.69) is 20.4 Å². The average Bonchev–Trinajstić information content (AvgIpc) is 3.20. The Balaban J connectivity index is 1.61. The van der Waals surface area contributed by atoms with Gasteiger partial charge in [-0.3, -0.25) is 9.59 Å². The number of thiophene rings is 1. The number of rotatable bonds is 6. The molecule has 0 aliphatic heterocycles. The van der Waals surface area contributed by atoms with E-state index in [0.29, 0.717) is 51.8 Å². The number of amides is 1. The van der Waals surface area contributed by atoms with Crippen LogP contribution in [0.4, 0.5) is 0 Å². The van der Waals surface area contributed by atoms with Gasteiger partial charge in [-0.05, 0) is 18.9 Å². The molecular weight excluding hydrogens is 354 g/mol. The maximum absolute atomic E-state index is 12.4. The van der Waals surface area contributed by atoms with Crippen LogP contribution in [-0.2, 0) is 13.5 Å². The number of carbonyl (C=O) groups is 1. The number of nitrogens with zero attached hydrogens (tertiary/aromatic N) is 4. The van der Waals surface area contributed by atoms with Crippen LogP contribution >= 0.6 is 11.3 Å². The standard InChI is InChI=1S/C17H21N5O3S/c1-9(2)14-20-11(25-21-14)6-5-7-18-15(23)13-10(3)12-16(26-13)19-8-22(4)17(12)24/h8-9H,5-7H2,1-4H3,(H,18,23). The molecule has 0 spiro atoms. The highest BCUT2D eigenvalue weighted by atomic mass is 32.1. The second-order valence-corrected chi connectivity index (χ2v) is 7.46. The molecule has 1 amide bonds. The third kappa shape index (κ3) is 3.52. The lowest BCUT2D eigenvalue weighted by molar-refractivity contribution is 0.0956. The Morgan fingerprint density at radius 1 is 1.42 bits per heavy atom. The molecule has 3 heterocycles. The van der Waals surface area contributed by atoms with Gasteiger partial charge in [-0.2, -0.15) is 4.98 Å². The van der Waals surface area contributed by atoms with Crippen LogP contribution in [0, 0.1) is 6.92 Å². The van der Waals surface area contributed by atoms with E-state index in [1.165, 1.54) is 22.2 Å². The lowest BCUT2D eigenvalue weighted by Crippen LogP contribution is -2.24. The number of fused-ring (bicyclic) bond motifs is 1. The summed E-state index contributed by atoms with van der Waals surface area (Å²) in [5, 5.41) is 7.31. The fourth-order valence-electron chi connectivity index (χ4n) is 2.55. The lowest BCUT2D eigenvalue weighted by atomic mass is 10.2. The molecule has 1 N–H and O–H groups in total. The van der Waals surface area contributed by atoms with Crippen molar-refractivity contribution in [3.8, 4) is 0 Å². The van der Waals surface area contributed by atoms with Crippen LogP contribution in [0.2, 0.25) is 0 Å². The van der Waals surface area contributed by atoms with Gasteiger partial charge in [0.25, 0.3) is 11.5 Å². The fourth-order valence-corrected chi connectivity index (χ4v) is 3.61. The van der Waals surface area contributed by atoms with E-state index in [4.69, 9.17) is 4.52 Å². The van der Waals surface area contributed by atoms with Gasteiger partial charge in [0.2, 0.25) is 5.89 Å². The van der Waals surface area contributed by atoms with Crippen molar-refractivity contribution < 1.29 is 9.32 Å². The Bertz CT molecular complexity index is 1000. The topological polar surface area (TPSA) is 103 Å². The predicted octanol–water partition coefficient (Wildman–Crippen LogP) is 2.17. The summed E-state index contributed by atoms with van der Waals surface area (Å²) >= 11 is 1.24. The minimum absolute atomic E-state index is 0.139. The van der Waals surface area contributed by atoms with Crippen molar-refractivity contribution in [3.05, 3.63) is 38.8 Å². The molecule has 0 fully saturated rings. The van der Waals surface area contributed by atoms with Crippen molar-refractivity contribution in [1.82, 2.24) is 25.0 Å². The molecule has 0 aliphatic rings. The molecule has 3 rings (SSSR count). The molecular formula is C17H21N5O3S. The van der Waals surface area contributed by atoms with Crippen molar-refractivity contribution >= 4 is 27.5 Å². The highest BCUT2D eigenvalue weighted by Crippen LogP contribution is 2.26. The minimum atomic E-state index is -0.194. The normalized spacial score (nSPS) is 11.4. The first-order valence-electron chi connectivity index (χ1n) is 8.44. The van der Waals surface area contributed by atoms with Crippen LogP contribution < -0.4 is 10.9 Å². The molecule has 138 valence electrons. The first-order valence-corrected chi connectivity index (χ1v) is 9.25. The zero-order chi connectivity index (χ0) is 18.8. The summed E-state index contributed by atoms with van der Waals surface area (Å²) < 4.78 is 6.60. The summed E-state index contributed by atoms with van der Waals surface area (Å²) in [6, 6.07) is 0. The molecule has 0 saturated carbocycles. The quantitative estimate of drug-likeness (QED) is 0.662. The zero-order valence-electron chi connectivity index (χ0n) is 15.2. The van der Waals surface area contributed by atoms with Gasteiger partial charge in [-0.25, -0.2) is 4.98 Å². The van der Waals surface area contributed by atoms with Gasteiger partial charge in [0.15, 0.2) is 5.82 Å². The fraction of sp³-hybridized carbons (Fsp3) is 0.471. The van der Waals surface area contributed by atoms with Gasteiger partial charge < -0.3 is 14.4 Å². The molecule has 3 aromatic rings. The molecule has 26 heavy (non-hydrogen) atoms. The van der Waals surface area contributed by atoms with Crippen molar-refractivity contribution in [1.29, 1.82) is 0 Å². The zero-order valence-corrected chi connectivity index (χ0v) is 16.0. The number of nitrogens with one attached hydrogen (secondary N) is 1. The van der Waals surface area contributed by atoms with Gasteiger partial charge >= 0.3 is 0 Å². The van der Waals surface area contributed by atoms with Crippen molar-refractivity contribution in [2.75, 3.05) is 6.54 Å². The van der Waals surface area contributed by atoms with E-state index >= 15 is 0 Å². The smallest absolute Gasteiger partial charge is 0.262 e. The summed E-state index contributed by atoms with van der Waals surface area (Å²) in [5.41, 5.74) is 0.537. The van der Waals surface area contributed by atoms with Crippen molar-refractivity contribution in [2.24, 2.45) is 7.05 Å². The van der Waals surface area contributed by atoms with Crippen molar-refractivity contribution in [3.63, 3.8) is 0 Å². The van der Waals surface area contributed by atoms with Gasteiger partial charge in [0, 0.05) is 25.9 Å². The number of aryl methyl sites for hydroxylation is 3. The summed E-state index contributed by atoms with van der Waals surface area (Å²) in [6.45, 7) is 6.27. The molecule has 8 nitrogen and oxygen atoms in total. The molecule has 9 heteroatoms. The maximum atomic E-state index is 12.4. The van der Waals surface area contributed by atoms with Gasteiger partial charge in [0.1, 0.15) is 4.83 Å². The highest BCUT2D eigenvalue weighted by molar-refractivity contribution is 7.20. The Kier molecular flexibility index (Phi) is 5.17. The summed E-state index contributed by atoms with van der Waals surface area (Å²) in [5.74, 6) is 1.30. The van der Waals surface area contributed by atoms with Crippen LogP contribution in [0.15, 0.2) is 15.6 Å². The number of carbonyl (C=O) groups excluding carboxylic acids is 1. The Morgan fingerprint density at radius 2 is 2.19 bits per heavy atom. The molecule has 0 radical (unpaired) electrons. The molecule has 0 saturated heterocycles. The SMILES string of the molecule is Cc1c(C(=O)NCCCc2nc(C(C)C)no2)sc2ncn(C)c(=O)c12. The average molecular weight is 375 g/mol. The van der Waals surface area contributed by atoms with Crippen LogP contribution in [0.1, 0.15) is 53.1 Å². The minimum Gasteiger partial charge on any atom is -0.351 e. The van der Waals surface area contributed by atoms with Crippen LogP contribution in [0.3, 0.4) is 0 Å². The van der Waals surface area contributed by atoms with Gasteiger partial charge in [-0.15, -0.1) is 11.3 Å². The van der Waals surface area contributed by atoms with E-state index in [1.807, 2.05) is 13.8 Å². The largest absolute Gasteiger partial charge is 0.351 e. The molecule has 0 bridgehead atoms. The second kappa shape index (κ2) is 7.36. The molecule has 0 atom stereocenters. The van der Waals surface area contributed by atoms with Gasteiger partial charge in [0.05, 0.1) is 16.6 Å². The first kappa shape index (κ1) is 18.2. The predicted molar refractivity (Wildman–Crippen MR) is 98.6 cm³/mol. The van der Waals surface area contributed by atoms with Crippen LogP contribution in [0.25, 0.3) is 10.2 Å². The van der Waals surface area contributed by atoms with Crippen LogP contribution in [0.5, 0.6) is 0 Å². The summed E-state index contributed by atoms with van der Waals surface area (Å²) in [6.07, 6.45) is 2.76. The van der Waals surface area contributed by atoms with E-state index in [0.717, 1.165) is 0 Å². The molecule has 0 aromatic carbocycles. The maximum Gasteiger partial charge on any atom is 0.262 e. The number of aromatic nitrogens is 4. The Morgan fingerprint density at radius 3 is 2.88 bits per heavy atom. The first-order chi connectivity index (χ1) is 12.4. The monoisotopic (exact) mass is 375 g/mol. The highest BCUT2D eigenvalue weighted by Gasteiger charge is 2.18. The molecule has 0 unspecified atom stereocenters. The van der Waals surface area contributed by atoms with E-state index in [-0.39, 0.29) is 17.4 Å². The number of hydrogen-bond donors (Lipinski definition) is 1. The van der Waals surface area contributed by atoms with E-state index in [9.17, 15) is 9.59 Å².